The normalized spacial score (nSPS) is 14.8. The van der Waals surface area contributed by atoms with E-state index in [0.717, 1.165) is 6.07 Å². The highest BCUT2D eigenvalue weighted by molar-refractivity contribution is 7.89. The second-order valence-electron chi connectivity index (χ2n) is 4.11. The molecule has 0 saturated heterocycles. The third-order valence-electron chi connectivity index (χ3n) is 2.61. The van der Waals surface area contributed by atoms with Crippen molar-refractivity contribution < 1.29 is 22.5 Å². The van der Waals surface area contributed by atoms with E-state index in [-0.39, 0.29) is 27.3 Å². The van der Waals surface area contributed by atoms with Gasteiger partial charge in [0.05, 0.1) is 15.5 Å². The van der Waals surface area contributed by atoms with E-state index in [4.69, 9.17) is 16.7 Å². The summed E-state index contributed by atoms with van der Waals surface area (Å²) in [6.07, 6.45) is 1.48. The number of benzene rings is 1. The lowest BCUT2D eigenvalue weighted by molar-refractivity contribution is 0.0697. The minimum atomic E-state index is -3.87. The van der Waals surface area contributed by atoms with Gasteiger partial charge in [-0.25, -0.2) is 17.9 Å². The number of rotatable bonds is 6. The van der Waals surface area contributed by atoms with Crippen LogP contribution in [-0.2, 0) is 20.8 Å². The summed E-state index contributed by atoms with van der Waals surface area (Å²) in [5, 5.41) is 8.51. The first-order chi connectivity index (χ1) is 9.15. The molecule has 0 aliphatic rings. The molecule has 0 heterocycles. The lowest BCUT2D eigenvalue weighted by Gasteiger charge is -2.11. The van der Waals surface area contributed by atoms with Crippen molar-refractivity contribution in [3.63, 3.8) is 0 Å². The van der Waals surface area contributed by atoms with Gasteiger partial charge in [0.1, 0.15) is 0 Å². The Morgan fingerprint density at radius 1 is 1.50 bits per heavy atom. The molecule has 20 heavy (non-hydrogen) atoms. The van der Waals surface area contributed by atoms with Gasteiger partial charge in [-0.15, -0.1) is 0 Å². The summed E-state index contributed by atoms with van der Waals surface area (Å²) in [5.41, 5.74) is -0.290. The van der Waals surface area contributed by atoms with Crippen LogP contribution in [0, 0.1) is 0 Å². The zero-order valence-electron chi connectivity index (χ0n) is 10.8. The molecule has 2 N–H and O–H groups in total. The number of carboxylic acid groups (broad SMARTS) is 1. The van der Waals surface area contributed by atoms with Crippen LogP contribution in [0.25, 0.3) is 0 Å². The number of hydrogen-bond donors (Lipinski definition) is 2. The first kappa shape index (κ1) is 17.1. The second-order valence-corrected chi connectivity index (χ2v) is 8.08. The van der Waals surface area contributed by atoms with E-state index in [9.17, 15) is 17.4 Å². The average molecular weight is 340 g/mol. The Morgan fingerprint density at radius 2 is 2.10 bits per heavy atom. The maximum absolute atomic E-state index is 12.0. The standard InChI is InChI=1S/C11H14ClNO5S2/c1-7(19(2)16)6-13-20(17,18)8-3-4-10(12)9(5-8)11(14)15/h3-5,7,13H,6H2,1-2H3,(H,14,15). The Bertz CT molecular complexity index is 644. The van der Waals surface area contributed by atoms with Gasteiger partial charge < -0.3 is 5.11 Å². The number of halogens is 1. The molecule has 0 aromatic heterocycles. The maximum Gasteiger partial charge on any atom is 0.337 e. The van der Waals surface area contributed by atoms with Gasteiger partial charge in [-0.2, -0.15) is 0 Å². The molecule has 1 aromatic rings. The van der Waals surface area contributed by atoms with E-state index < -0.39 is 26.8 Å². The van der Waals surface area contributed by atoms with Crippen molar-refractivity contribution in [1.82, 2.24) is 4.72 Å². The van der Waals surface area contributed by atoms with Gasteiger partial charge in [0.25, 0.3) is 0 Å². The van der Waals surface area contributed by atoms with Crippen LogP contribution >= 0.6 is 11.6 Å². The minimum absolute atomic E-state index is 0.00350. The van der Waals surface area contributed by atoms with Gasteiger partial charge in [0.2, 0.25) is 10.0 Å². The Hall–Kier alpha value is -0.960. The highest BCUT2D eigenvalue weighted by atomic mass is 35.5. The summed E-state index contributed by atoms with van der Waals surface area (Å²) in [4.78, 5) is 10.7. The van der Waals surface area contributed by atoms with E-state index in [1.54, 1.807) is 6.92 Å². The Kier molecular flexibility index (Phi) is 5.69. The molecular formula is C11H14ClNO5S2. The Morgan fingerprint density at radius 3 is 2.60 bits per heavy atom. The molecular weight excluding hydrogens is 326 g/mol. The van der Waals surface area contributed by atoms with Crippen molar-refractivity contribution in [3.05, 3.63) is 28.8 Å². The highest BCUT2D eigenvalue weighted by Crippen LogP contribution is 2.20. The number of carbonyl (C=O) groups is 1. The van der Waals surface area contributed by atoms with Crippen LogP contribution in [0.1, 0.15) is 17.3 Å². The van der Waals surface area contributed by atoms with Crippen LogP contribution in [0.5, 0.6) is 0 Å². The van der Waals surface area contributed by atoms with E-state index in [1.165, 1.54) is 18.4 Å². The molecule has 0 radical (unpaired) electrons. The second kappa shape index (κ2) is 6.66. The molecule has 0 aliphatic heterocycles. The molecule has 2 unspecified atom stereocenters. The van der Waals surface area contributed by atoms with Gasteiger partial charge >= 0.3 is 5.97 Å². The summed E-state index contributed by atoms with van der Waals surface area (Å²) in [7, 11) is -5.03. The molecule has 0 amide bonds. The topological polar surface area (TPSA) is 101 Å². The molecule has 0 saturated carbocycles. The molecule has 2 atom stereocenters. The molecule has 0 spiro atoms. The predicted octanol–water partition coefficient (Wildman–Crippen LogP) is 1.08. The molecule has 112 valence electrons. The highest BCUT2D eigenvalue weighted by Gasteiger charge is 2.19. The van der Waals surface area contributed by atoms with Gasteiger partial charge in [-0.1, -0.05) is 11.6 Å². The van der Waals surface area contributed by atoms with E-state index in [0.29, 0.717) is 0 Å². The average Bonchev–Trinajstić information content (AvgIpc) is 2.35. The van der Waals surface area contributed by atoms with E-state index >= 15 is 0 Å². The molecule has 1 aromatic carbocycles. The number of sulfonamides is 1. The predicted molar refractivity (Wildman–Crippen MR) is 77.1 cm³/mol. The first-order valence-electron chi connectivity index (χ1n) is 5.50. The Balaban J connectivity index is 3.01. The molecule has 1 rings (SSSR count). The fraction of sp³-hybridized carbons (Fsp3) is 0.364. The molecule has 0 bridgehead atoms. The smallest absolute Gasteiger partial charge is 0.337 e. The Labute approximate surface area is 124 Å². The summed E-state index contributed by atoms with van der Waals surface area (Å²) < 4.78 is 37.5. The monoisotopic (exact) mass is 339 g/mol. The SMILES string of the molecule is CC(CNS(=O)(=O)c1ccc(Cl)c(C(=O)O)c1)S(C)=O. The number of nitrogens with one attached hydrogen (secondary N) is 1. The number of carboxylic acids is 1. The van der Waals surface area contributed by atoms with E-state index in [1.807, 2.05) is 0 Å². The van der Waals surface area contributed by atoms with Crippen LogP contribution in [0.3, 0.4) is 0 Å². The van der Waals surface area contributed by atoms with Crippen molar-refractivity contribution in [3.8, 4) is 0 Å². The lowest BCUT2D eigenvalue weighted by atomic mass is 10.2. The summed E-state index contributed by atoms with van der Waals surface area (Å²) in [6, 6.07) is 3.41. The quantitative estimate of drug-likeness (QED) is 0.807. The van der Waals surface area contributed by atoms with Crippen molar-refractivity contribution in [2.45, 2.75) is 17.1 Å². The van der Waals surface area contributed by atoms with Crippen LogP contribution in [0.2, 0.25) is 5.02 Å². The van der Waals surface area contributed by atoms with Crippen LogP contribution in [-0.4, -0.2) is 41.8 Å². The van der Waals surface area contributed by atoms with Crippen molar-refractivity contribution in [2.24, 2.45) is 0 Å². The number of hydrogen-bond acceptors (Lipinski definition) is 4. The minimum Gasteiger partial charge on any atom is -0.478 e. The largest absolute Gasteiger partial charge is 0.478 e. The lowest BCUT2D eigenvalue weighted by Crippen LogP contribution is -2.32. The maximum atomic E-state index is 12.0. The summed E-state index contributed by atoms with van der Waals surface area (Å²) in [5.74, 6) is -1.31. The van der Waals surface area contributed by atoms with Gasteiger partial charge in [-0.05, 0) is 25.1 Å². The fourth-order valence-electron chi connectivity index (χ4n) is 1.26. The molecule has 6 nitrogen and oxygen atoms in total. The zero-order chi connectivity index (χ0) is 15.5. The molecule has 0 fully saturated rings. The first-order valence-corrected chi connectivity index (χ1v) is 8.98. The van der Waals surface area contributed by atoms with Crippen LogP contribution in [0.4, 0.5) is 0 Å². The summed E-state index contributed by atoms with van der Waals surface area (Å²) in [6.45, 7) is 1.64. The third kappa shape index (κ3) is 4.27. The third-order valence-corrected chi connectivity index (χ3v) is 5.66. The van der Waals surface area contributed by atoms with Gasteiger partial charge in [-0.3, -0.25) is 4.21 Å². The van der Waals surface area contributed by atoms with Crippen LogP contribution in [0.15, 0.2) is 23.1 Å². The van der Waals surface area contributed by atoms with Crippen molar-refractivity contribution in [2.75, 3.05) is 12.8 Å². The van der Waals surface area contributed by atoms with Crippen molar-refractivity contribution >= 4 is 38.4 Å². The van der Waals surface area contributed by atoms with Crippen LogP contribution < -0.4 is 4.72 Å². The fourth-order valence-corrected chi connectivity index (χ4v) is 3.04. The summed E-state index contributed by atoms with van der Waals surface area (Å²) >= 11 is 5.67. The zero-order valence-corrected chi connectivity index (χ0v) is 13.2. The van der Waals surface area contributed by atoms with Crippen molar-refractivity contribution in [1.29, 1.82) is 0 Å². The van der Waals surface area contributed by atoms with Gasteiger partial charge in [0.15, 0.2) is 0 Å². The van der Waals surface area contributed by atoms with Gasteiger partial charge in [0, 0.05) is 28.9 Å². The number of aromatic carboxylic acids is 1. The molecule has 0 aliphatic carbocycles. The van der Waals surface area contributed by atoms with E-state index in [2.05, 4.69) is 4.72 Å². The molecule has 9 heteroatoms.